The second kappa shape index (κ2) is 8.19. The predicted octanol–water partition coefficient (Wildman–Crippen LogP) is 1.40. The summed E-state index contributed by atoms with van der Waals surface area (Å²) < 4.78 is 41.6. The zero-order valence-corrected chi connectivity index (χ0v) is 17.7. The van der Waals surface area contributed by atoms with Gasteiger partial charge in [-0.2, -0.15) is 4.99 Å². The van der Waals surface area contributed by atoms with Crippen LogP contribution in [0.15, 0.2) is 46.3 Å². The van der Waals surface area contributed by atoms with Crippen LogP contribution in [0.1, 0.15) is 5.56 Å². The standard InChI is InChI=1S/C19H19N3O6S2/c1-26-7-6-22-14-4-3-13(30(20,24)25)10-17(14)29-19(22)21-18(23)9-12-2-5-15-16(8-12)28-11-27-15/h2-5,8,10H,6-7,9,11H2,1H3,(H2,20,24,25). The lowest BCUT2D eigenvalue weighted by atomic mass is 10.1. The molecule has 0 atom stereocenters. The molecule has 1 amide bonds. The molecule has 1 aromatic heterocycles. The van der Waals surface area contributed by atoms with Crippen molar-refractivity contribution in [3.05, 3.63) is 46.8 Å². The minimum absolute atomic E-state index is 0.00776. The van der Waals surface area contributed by atoms with Gasteiger partial charge in [-0.25, -0.2) is 13.6 Å². The van der Waals surface area contributed by atoms with E-state index in [1.807, 2.05) is 4.57 Å². The zero-order chi connectivity index (χ0) is 21.3. The average Bonchev–Trinajstić information content (AvgIpc) is 3.28. The first-order chi connectivity index (χ1) is 14.3. The molecule has 30 heavy (non-hydrogen) atoms. The van der Waals surface area contributed by atoms with Crippen LogP contribution in [0.3, 0.4) is 0 Å². The number of hydrogen-bond donors (Lipinski definition) is 1. The number of primary sulfonamides is 1. The molecule has 11 heteroatoms. The smallest absolute Gasteiger partial charge is 0.252 e. The number of carbonyl (C=O) groups excluding carboxylic acids is 1. The molecule has 0 radical (unpaired) electrons. The van der Waals surface area contributed by atoms with Crippen LogP contribution in [0, 0.1) is 0 Å². The first-order valence-electron chi connectivity index (χ1n) is 8.96. The van der Waals surface area contributed by atoms with Crippen LogP contribution in [-0.2, 0) is 32.5 Å². The van der Waals surface area contributed by atoms with Gasteiger partial charge in [-0.3, -0.25) is 4.79 Å². The van der Waals surface area contributed by atoms with E-state index in [4.69, 9.17) is 19.3 Å². The van der Waals surface area contributed by atoms with E-state index in [1.165, 1.54) is 23.5 Å². The Morgan fingerprint density at radius 3 is 2.80 bits per heavy atom. The number of thiazole rings is 1. The highest BCUT2D eigenvalue weighted by atomic mass is 32.2. The second-order valence-electron chi connectivity index (χ2n) is 6.57. The summed E-state index contributed by atoms with van der Waals surface area (Å²) in [6.45, 7) is 1.03. The number of ether oxygens (including phenoxy) is 3. The van der Waals surface area contributed by atoms with Crippen LogP contribution in [-0.4, -0.2) is 39.4 Å². The fraction of sp³-hybridized carbons (Fsp3) is 0.263. The first kappa shape index (κ1) is 20.5. The van der Waals surface area contributed by atoms with Crippen molar-refractivity contribution in [3.8, 4) is 11.5 Å². The molecule has 0 bridgehead atoms. The fourth-order valence-corrected chi connectivity index (χ4v) is 4.81. The molecule has 1 aliphatic heterocycles. The van der Waals surface area contributed by atoms with E-state index in [0.29, 0.717) is 34.2 Å². The average molecular weight is 450 g/mol. The van der Waals surface area contributed by atoms with E-state index >= 15 is 0 Å². The van der Waals surface area contributed by atoms with Crippen LogP contribution < -0.4 is 19.4 Å². The molecule has 1 aliphatic rings. The molecule has 2 heterocycles. The number of sulfonamides is 1. The number of benzene rings is 2. The summed E-state index contributed by atoms with van der Waals surface area (Å²) in [5.74, 6) is 0.918. The first-order valence-corrected chi connectivity index (χ1v) is 11.3. The number of amides is 1. The Morgan fingerprint density at radius 2 is 2.03 bits per heavy atom. The highest BCUT2D eigenvalue weighted by molar-refractivity contribution is 7.89. The third kappa shape index (κ3) is 4.24. The van der Waals surface area contributed by atoms with Gasteiger partial charge in [0, 0.05) is 13.7 Å². The maximum atomic E-state index is 12.6. The minimum Gasteiger partial charge on any atom is -0.454 e. The van der Waals surface area contributed by atoms with Crippen LogP contribution in [0.5, 0.6) is 11.5 Å². The number of carbonyl (C=O) groups is 1. The zero-order valence-electron chi connectivity index (χ0n) is 16.0. The third-order valence-corrected chi connectivity index (χ3v) is 6.47. The third-order valence-electron chi connectivity index (χ3n) is 4.51. The molecule has 9 nitrogen and oxygen atoms in total. The second-order valence-corrected chi connectivity index (χ2v) is 9.14. The lowest BCUT2D eigenvalue weighted by Crippen LogP contribution is -2.19. The highest BCUT2D eigenvalue weighted by Gasteiger charge is 2.16. The maximum absolute atomic E-state index is 12.6. The molecule has 3 aromatic rings. The Morgan fingerprint density at radius 1 is 1.23 bits per heavy atom. The van der Waals surface area contributed by atoms with Gasteiger partial charge in [-0.15, -0.1) is 0 Å². The molecule has 2 aromatic carbocycles. The molecule has 0 fully saturated rings. The van der Waals surface area contributed by atoms with Crippen LogP contribution in [0.2, 0.25) is 0 Å². The van der Waals surface area contributed by atoms with E-state index in [9.17, 15) is 13.2 Å². The van der Waals surface area contributed by atoms with Gasteiger partial charge in [0.15, 0.2) is 16.3 Å². The lowest BCUT2D eigenvalue weighted by molar-refractivity contribution is -0.117. The number of hydrogen-bond acceptors (Lipinski definition) is 7. The van der Waals surface area contributed by atoms with E-state index in [-0.39, 0.29) is 24.0 Å². The summed E-state index contributed by atoms with van der Waals surface area (Å²) in [6, 6.07) is 9.90. The summed E-state index contributed by atoms with van der Waals surface area (Å²) in [5, 5.41) is 5.23. The summed E-state index contributed by atoms with van der Waals surface area (Å²) in [4.78, 5) is 17.3. The Hall–Kier alpha value is -2.73. The maximum Gasteiger partial charge on any atom is 0.252 e. The van der Waals surface area contributed by atoms with Crippen molar-refractivity contribution in [2.45, 2.75) is 17.9 Å². The molecule has 0 spiro atoms. The normalized spacial score (nSPS) is 13.9. The van der Waals surface area contributed by atoms with Gasteiger partial charge in [-0.05, 0) is 35.9 Å². The number of rotatable bonds is 6. The fourth-order valence-electron chi connectivity index (χ4n) is 3.09. The van der Waals surface area contributed by atoms with Crippen molar-refractivity contribution >= 4 is 37.5 Å². The van der Waals surface area contributed by atoms with Crippen molar-refractivity contribution < 1.29 is 27.4 Å². The van der Waals surface area contributed by atoms with Gasteiger partial charge in [0.25, 0.3) is 5.91 Å². The van der Waals surface area contributed by atoms with Crippen molar-refractivity contribution in [1.29, 1.82) is 0 Å². The summed E-state index contributed by atoms with van der Waals surface area (Å²) in [5.41, 5.74) is 1.51. The van der Waals surface area contributed by atoms with E-state index in [2.05, 4.69) is 4.99 Å². The quantitative estimate of drug-likeness (QED) is 0.607. The van der Waals surface area contributed by atoms with Crippen LogP contribution in [0.4, 0.5) is 0 Å². The number of fused-ring (bicyclic) bond motifs is 2. The van der Waals surface area contributed by atoms with Gasteiger partial charge >= 0.3 is 0 Å². The molecule has 2 N–H and O–H groups in total. The Bertz CT molecular complexity index is 1290. The Balaban J connectivity index is 1.70. The van der Waals surface area contributed by atoms with Gasteiger partial charge in [0.1, 0.15) is 0 Å². The number of nitrogens with two attached hydrogens (primary N) is 1. The van der Waals surface area contributed by atoms with Crippen molar-refractivity contribution in [3.63, 3.8) is 0 Å². The largest absolute Gasteiger partial charge is 0.454 e. The lowest BCUT2D eigenvalue weighted by Gasteiger charge is -2.05. The monoisotopic (exact) mass is 449 g/mol. The summed E-state index contributed by atoms with van der Waals surface area (Å²) in [7, 11) is -2.25. The van der Waals surface area contributed by atoms with Crippen LogP contribution in [0.25, 0.3) is 10.2 Å². The Labute approximate surface area is 176 Å². The van der Waals surface area contributed by atoms with Crippen molar-refractivity contribution in [2.75, 3.05) is 20.5 Å². The van der Waals surface area contributed by atoms with Gasteiger partial charge in [0.2, 0.25) is 16.8 Å². The number of aromatic nitrogens is 1. The summed E-state index contributed by atoms with van der Waals surface area (Å²) >= 11 is 1.22. The minimum atomic E-state index is -3.83. The van der Waals surface area contributed by atoms with Gasteiger partial charge < -0.3 is 18.8 Å². The summed E-state index contributed by atoms with van der Waals surface area (Å²) in [6.07, 6.45) is 0.0948. The van der Waals surface area contributed by atoms with E-state index < -0.39 is 10.0 Å². The van der Waals surface area contributed by atoms with Gasteiger partial charge in [0.05, 0.1) is 28.1 Å². The van der Waals surface area contributed by atoms with Crippen molar-refractivity contribution in [2.24, 2.45) is 10.1 Å². The number of nitrogens with zero attached hydrogens (tertiary/aromatic N) is 2. The molecule has 0 saturated carbocycles. The highest BCUT2D eigenvalue weighted by Crippen LogP contribution is 2.32. The molecular formula is C19H19N3O6S2. The molecule has 0 saturated heterocycles. The van der Waals surface area contributed by atoms with E-state index in [0.717, 1.165) is 11.1 Å². The Kier molecular flexibility index (Phi) is 5.60. The number of methoxy groups -OCH3 is 1. The molecule has 0 unspecified atom stereocenters. The molecule has 4 rings (SSSR count). The predicted molar refractivity (Wildman–Crippen MR) is 110 cm³/mol. The van der Waals surface area contributed by atoms with Crippen molar-refractivity contribution in [1.82, 2.24) is 4.57 Å². The molecule has 0 aliphatic carbocycles. The van der Waals surface area contributed by atoms with Gasteiger partial charge in [-0.1, -0.05) is 17.4 Å². The topological polar surface area (TPSA) is 122 Å². The molecule has 158 valence electrons. The SMILES string of the molecule is COCCn1c(=NC(=O)Cc2ccc3c(c2)OCO3)sc2cc(S(N)(=O)=O)ccc21. The van der Waals surface area contributed by atoms with E-state index in [1.54, 1.807) is 31.4 Å². The molecular weight excluding hydrogens is 430 g/mol. The van der Waals surface area contributed by atoms with Crippen LogP contribution >= 0.6 is 11.3 Å².